The molecule has 0 unspecified atom stereocenters. The summed E-state index contributed by atoms with van der Waals surface area (Å²) < 4.78 is 4.95. The second-order valence-electron chi connectivity index (χ2n) is 3.87. The van der Waals surface area contributed by atoms with Crippen LogP contribution in [-0.4, -0.2) is 24.1 Å². The first kappa shape index (κ1) is 14.0. The second-order valence-corrected chi connectivity index (χ2v) is 3.87. The van der Waals surface area contributed by atoms with E-state index < -0.39 is 5.97 Å². The van der Waals surface area contributed by atoms with Gasteiger partial charge >= 0.3 is 5.97 Å². The topological polar surface area (TPSA) is 75.6 Å². The summed E-state index contributed by atoms with van der Waals surface area (Å²) in [7, 11) is 1.46. The SMILES string of the molecule is CCCCC(=O)Nc1ccc(OC)cc1C(=O)O. The lowest BCUT2D eigenvalue weighted by Gasteiger charge is -2.09. The Kier molecular flexibility index (Phi) is 5.17. The average Bonchev–Trinajstić information content (AvgIpc) is 2.36. The highest BCUT2D eigenvalue weighted by Gasteiger charge is 2.13. The summed E-state index contributed by atoms with van der Waals surface area (Å²) in [5.74, 6) is -0.830. The molecular weight excluding hydrogens is 234 g/mol. The highest BCUT2D eigenvalue weighted by Crippen LogP contribution is 2.22. The molecule has 0 aliphatic carbocycles. The molecule has 2 N–H and O–H groups in total. The van der Waals surface area contributed by atoms with Gasteiger partial charge in [-0.05, 0) is 24.6 Å². The van der Waals surface area contributed by atoms with Gasteiger partial charge in [0, 0.05) is 6.42 Å². The fourth-order valence-corrected chi connectivity index (χ4v) is 1.49. The van der Waals surface area contributed by atoms with Crippen molar-refractivity contribution in [1.82, 2.24) is 0 Å². The van der Waals surface area contributed by atoms with E-state index in [0.29, 0.717) is 17.9 Å². The largest absolute Gasteiger partial charge is 0.497 e. The molecule has 0 fully saturated rings. The molecule has 0 radical (unpaired) electrons. The van der Waals surface area contributed by atoms with Crippen LogP contribution in [0.2, 0.25) is 0 Å². The number of amides is 1. The van der Waals surface area contributed by atoms with Crippen molar-refractivity contribution in [1.29, 1.82) is 0 Å². The maximum atomic E-state index is 11.6. The molecule has 1 aromatic rings. The van der Waals surface area contributed by atoms with Gasteiger partial charge in [0.1, 0.15) is 5.75 Å². The molecule has 0 aliphatic heterocycles. The summed E-state index contributed by atoms with van der Waals surface area (Å²) in [6, 6.07) is 4.53. The summed E-state index contributed by atoms with van der Waals surface area (Å²) in [5, 5.41) is 11.7. The molecule has 0 aliphatic rings. The van der Waals surface area contributed by atoms with Crippen molar-refractivity contribution in [3.8, 4) is 5.75 Å². The quantitative estimate of drug-likeness (QED) is 0.814. The van der Waals surface area contributed by atoms with Crippen LogP contribution in [0.5, 0.6) is 5.75 Å². The molecule has 18 heavy (non-hydrogen) atoms. The minimum atomic E-state index is -1.10. The highest BCUT2D eigenvalue weighted by molar-refractivity contribution is 6.00. The standard InChI is InChI=1S/C13H17NO4/c1-3-4-5-12(15)14-11-7-6-9(18-2)8-10(11)13(16)17/h6-8H,3-5H2,1-2H3,(H,14,15)(H,16,17). The number of carbonyl (C=O) groups is 2. The minimum Gasteiger partial charge on any atom is -0.497 e. The average molecular weight is 251 g/mol. The number of anilines is 1. The maximum absolute atomic E-state index is 11.6. The van der Waals surface area contributed by atoms with Crippen molar-refractivity contribution in [3.05, 3.63) is 23.8 Å². The van der Waals surface area contributed by atoms with Gasteiger partial charge in [-0.3, -0.25) is 4.79 Å². The van der Waals surface area contributed by atoms with E-state index >= 15 is 0 Å². The second kappa shape index (κ2) is 6.64. The monoisotopic (exact) mass is 251 g/mol. The number of hydrogen-bond donors (Lipinski definition) is 2. The normalized spacial score (nSPS) is 9.89. The molecule has 0 bridgehead atoms. The number of aromatic carboxylic acids is 1. The maximum Gasteiger partial charge on any atom is 0.337 e. The van der Waals surface area contributed by atoms with Crippen LogP contribution in [0, 0.1) is 0 Å². The van der Waals surface area contributed by atoms with Crippen LogP contribution in [0.1, 0.15) is 36.5 Å². The van der Waals surface area contributed by atoms with Crippen molar-refractivity contribution in [2.24, 2.45) is 0 Å². The smallest absolute Gasteiger partial charge is 0.337 e. The van der Waals surface area contributed by atoms with Crippen LogP contribution in [0.4, 0.5) is 5.69 Å². The van der Waals surface area contributed by atoms with E-state index in [2.05, 4.69) is 5.32 Å². The van der Waals surface area contributed by atoms with Crippen LogP contribution in [0.3, 0.4) is 0 Å². The Morgan fingerprint density at radius 1 is 1.39 bits per heavy atom. The zero-order valence-corrected chi connectivity index (χ0v) is 10.5. The summed E-state index contributed by atoms with van der Waals surface area (Å²) in [5.41, 5.74) is 0.323. The van der Waals surface area contributed by atoms with Crippen LogP contribution in [-0.2, 0) is 4.79 Å². The predicted octanol–water partition coefficient (Wildman–Crippen LogP) is 2.52. The van der Waals surface area contributed by atoms with Gasteiger partial charge in [0.15, 0.2) is 0 Å². The fraction of sp³-hybridized carbons (Fsp3) is 0.385. The molecular formula is C13H17NO4. The Bertz CT molecular complexity index is 443. The predicted molar refractivity (Wildman–Crippen MR) is 68.1 cm³/mol. The molecule has 1 amide bonds. The van der Waals surface area contributed by atoms with Crippen LogP contribution < -0.4 is 10.1 Å². The van der Waals surface area contributed by atoms with Crippen LogP contribution in [0.15, 0.2) is 18.2 Å². The van der Waals surface area contributed by atoms with Gasteiger partial charge in [0.25, 0.3) is 0 Å². The lowest BCUT2D eigenvalue weighted by molar-refractivity contribution is -0.116. The number of hydrogen-bond acceptors (Lipinski definition) is 3. The van der Waals surface area contributed by atoms with Gasteiger partial charge in [0.2, 0.25) is 5.91 Å². The molecule has 1 aromatic carbocycles. The van der Waals surface area contributed by atoms with Gasteiger partial charge in [-0.25, -0.2) is 4.79 Å². The molecule has 0 aromatic heterocycles. The molecule has 98 valence electrons. The third-order valence-corrected chi connectivity index (χ3v) is 2.49. The van der Waals surface area contributed by atoms with Gasteiger partial charge in [-0.2, -0.15) is 0 Å². The molecule has 0 saturated heterocycles. The number of unbranched alkanes of at least 4 members (excludes halogenated alkanes) is 1. The molecule has 5 heteroatoms. The van der Waals surface area contributed by atoms with E-state index in [1.165, 1.54) is 19.2 Å². The third kappa shape index (κ3) is 3.76. The molecule has 0 saturated carbocycles. The first-order chi connectivity index (χ1) is 8.58. The van der Waals surface area contributed by atoms with Crippen molar-refractivity contribution < 1.29 is 19.4 Å². The van der Waals surface area contributed by atoms with Gasteiger partial charge < -0.3 is 15.2 Å². The Labute approximate surface area is 106 Å². The zero-order valence-electron chi connectivity index (χ0n) is 10.5. The summed E-state index contributed by atoms with van der Waals surface area (Å²) in [4.78, 5) is 22.6. The third-order valence-electron chi connectivity index (χ3n) is 2.49. The molecule has 0 atom stereocenters. The number of nitrogens with one attached hydrogen (secondary N) is 1. The highest BCUT2D eigenvalue weighted by atomic mass is 16.5. The molecule has 5 nitrogen and oxygen atoms in total. The summed E-state index contributed by atoms with van der Waals surface area (Å²) in [6.07, 6.45) is 2.09. The van der Waals surface area contributed by atoms with Gasteiger partial charge in [0.05, 0.1) is 18.4 Å². The summed E-state index contributed by atoms with van der Waals surface area (Å²) >= 11 is 0. The van der Waals surface area contributed by atoms with E-state index in [9.17, 15) is 9.59 Å². The van der Waals surface area contributed by atoms with E-state index in [-0.39, 0.29) is 11.5 Å². The number of methoxy groups -OCH3 is 1. The molecule has 0 spiro atoms. The number of carbonyl (C=O) groups excluding carboxylic acids is 1. The fourth-order valence-electron chi connectivity index (χ4n) is 1.49. The Balaban J connectivity index is 2.87. The lowest BCUT2D eigenvalue weighted by Crippen LogP contribution is -2.14. The van der Waals surface area contributed by atoms with E-state index in [0.717, 1.165) is 12.8 Å². The number of carboxylic acids is 1. The number of benzene rings is 1. The van der Waals surface area contributed by atoms with E-state index in [1.54, 1.807) is 6.07 Å². The minimum absolute atomic E-state index is 0.0270. The lowest BCUT2D eigenvalue weighted by atomic mass is 10.1. The first-order valence-corrected chi connectivity index (χ1v) is 5.79. The van der Waals surface area contributed by atoms with E-state index in [4.69, 9.17) is 9.84 Å². The van der Waals surface area contributed by atoms with Gasteiger partial charge in [-0.15, -0.1) is 0 Å². The zero-order chi connectivity index (χ0) is 13.5. The Morgan fingerprint density at radius 2 is 2.11 bits per heavy atom. The number of ether oxygens (including phenoxy) is 1. The Morgan fingerprint density at radius 3 is 2.67 bits per heavy atom. The van der Waals surface area contributed by atoms with Crippen molar-refractivity contribution in [2.75, 3.05) is 12.4 Å². The van der Waals surface area contributed by atoms with Crippen molar-refractivity contribution in [3.63, 3.8) is 0 Å². The van der Waals surface area contributed by atoms with Crippen LogP contribution in [0.25, 0.3) is 0 Å². The number of rotatable bonds is 6. The molecule has 0 heterocycles. The Hall–Kier alpha value is -2.04. The first-order valence-electron chi connectivity index (χ1n) is 5.79. The van der Waals surface area contributed by atoms with E-state index in [1.807, 2.05) is 6.92 Å². The van der Waals surface area contributed by atoms with Gasteiger partial charge in [-0.1, -0.05) is 13.3 Å². The van der Waals surface area contributed by atoms with Crippen molar-refractivity contribution in [2.45, 2.75) is 26.2 Å². The van der Waals surface area contributed by atoms with Crippen molar-refractivity contribution >= 4 is 17.6 Å². The molecule has 1 rings (SSSR count). The number of carboxylic acid groups (broad SMARTS) is 1. The summed E-state index contributed by atoms with van der Waals surface area (Å²) in [6.45, 7) is 1.99. The van der Waals surface area contributed by atoms with Crippen LogP contribution >= 0.6 is 0 Å².